The van der Waals surface area contributed by atoms with Crippen LogP contribution in [-0.4, -0.2) is 56.9 Å². The van der Waals surface area contributed by atoms with Crippen LogP contribution in [0.1, 0.15) is 37.8 Å². The summed E-state index contributed by atoms with van der Waals surface area (Å²) in [7, 11) is -6.99. The second kappa shape index (κ2) is 7.84. The van der Waals surface area contributed by atoms with Crippen LogP contribution < -0.4 is 10.5 Å². The van der Waals surface area contributed by atoms with Gasteiger partial charge in [0.1, 0.15) is 5.71 Å². The molecule has 1 aromatic carbocycles. The third kappa shape index (κ3) is 5.00. The molecule has 2 heterocycles. The summed E-state index contributed by atoms with van der Waals surface area (Å²) in [6.07, 6.45) is 0.553. The number of nitrogens with zero attached hydrogens (tertiary/aromatic N) is 2. The van der Waals surface area contributed by atoms with E-state index in [0.717, 1.165) is 5.01 Å². The molecule has 1 aromatic rings. The highest BCUT2D eigenvalue weighted by molar-refractivity contribution is 7.91. The Morgan fingerprint density at radius 3 is 2.48 bits per heavy atom. The molecule has 3 N–H and O–H groups in total. The molecule has 2 aliphatic rings. The summed E-state index contributed by atoms with van der Waals surface area (Å²) in [5.74, 6) is -0.907. The molecule has 0 radical (unpaired) electrons. The van der Waals surface area contributed by atoms with Crippen LogP contribution in [0.15, 0.2) is 34.3 Å². The van der Waals surface area contributed by atoms with Crippen molar-refractivity contribution in [1.82, 2.24) is 10.3 Å². The number of nitrogens with two attached hydrogens (primary N) is 1. The third-order valence-electron chi connectivity index (χ3n) is 4.93. The Hall–Kier alpha value is -2.31. The number of carbonyl (C=O) groups excluding carboxylic acids is 2. The van der Waals surface area contributed by atoms with Gasteiger partial charge in [-0.05, 0) is 31.0 Å². The van der Waals surface area contributed by atoms with E-state index in [1.165, 1.54) is 12.1 Å². The highest BCUT2D eigenvalue weighted by Gasteiger charge is 2.37. The Bertz CT molecular complexity index is 1060. The van der Waals surface area contributed by atoms with Crippen LogP contribution in [0.5, 0.6) is 0 Å². The molecule has 1 saturated heterocycles. The lowest BCUT2D eigenvalue weighted by Crippen LogP contribution is -2.44. The first-order valence-corrected chi connectivity index (χ1v) is 12.4. The summed E-state index contributed by atoms with van der Waals surface area (Å²) in [4.78, 5) is 24.7. The Morgan fingerprint density at radius 1 is 1.28 bits per heavy atom. The molecule has 0 aliphatic carbocycles. The van der Waals surface area contributed by atoms with Crippen molar-refractivity contribution in [2.75, 3.05) is 11.5 Å². The standard InChI is InChI=1S/C17H22N4O6S2/c1-11(12-2-4-14(5-3-12)29(18,26)27)19-17(23)15-6-7-16(22)21(20-15)13-8-9-28(24,25)10-13/h2-5,11,13H,6-10H2,1H3,(H,19,23)(H2,18,26,27)/t11-,13-/m1/s1. The van der Waals surface area contributed by atoms with E-state index in [2.05, 4.69) is 10.4 Å². The van der Waals surface area contributed by atoms with Crippen LogP contribution in [0.2, 0.25) is 0 Å². The van der Waals surface area contributed by atoms with E-state index >= 15 is 0 Å². The first-order chi connectivity index (χ1) is 13.5. The first-order valence-electron chi connectivity index (χ1n) is 9.00. The highest BCUT2D eigenvalue weighted by atomic mass is 32.2. The van der Waals surface area contributed by atoms with Crippen molar-refractivity contribution in [2.45, 2.75) is 43.2 Å². The number of hydrazone groups is 1. The van der Waals surface area contributed by atoms with Gasteiger partial charge in [-0.15, -0.1) is 0 Å². The summed E-state index contributed by atoms with van der Waals surface area (Å²) in [5.41, 5.74) is 0.818. The van der Waals surface area contributed by atoms with Gasteiger partial charge in [0.05, 0.1) is 28.5 Å². The van der Waals surface area contributed by atoms with Crippen molar-refractivity contribution < 1.29 is 26.4 Å². The molecule has 29 heavy (non-hydrogen) atoms. The molecular weight excluding hydrogens is 420 g/mol. The van der Waals surface area contributed by atoms with Gasteiger partial charge in [-0.2, -0.15) is 5.10 Å². The number of hydrogen-bond acceptors (Lipinski definition) is 7. The van der Waals surface area contributed by atoms with Crippen LogP contribution in [0.25, 0.3) is 0 Å². The first kappa shape index (κ1) is 21.4. The Balaban J connectivity index is 1.71. The number of nitrogens with one attached hydrogen (secondary N) is 1. The maximum atomic E-state index is 12.6. The van der Waals surface area contributed by atoms with E-state index in [1.807, 2.05) is 0 Å². The average molecular weight is 443 g/mol. The molecule has 0 aromatic heterocycles. The second-order valence-electron chi connectivity index (χ2n) is 7.15. The zero-order chi connectivity index (χ0) is 21.4. The van der Waals surface area contributed by atoms with Gasteiger partial charge < -0.3 is 5.32 Å². The Kier molecular flexibility index (Phi) is 5.79. The minimum absolute atomic E-state index is 0.00401. The number of benzene rings is 1. The molecule has 2 atom stereocenters. The van der Waals surface area contributed by atoms with E-state index in [9.17, 15) is 26.4 Å². The van der Waals surface area contributed by atoms with E-state index in [-0.39, 0.29) is 40.9 Å². The van der Waals surface area contributed by atoms with Crippen LogP contribution >= 0.6 is 0 Å². The van der Waals surface area contributed by atoms with Gasteiger partial charge in [-0.3, -0.25) is 9.59 Å². The Labute approximate surface area is 169 Å². The number of sulfone groups is 1. The van der Waals surface area contributed by atoms with Crippen molar-refractivity contribution >= 4 is 37.4 Å². The van der Waals surface area contributed by atoms with Gasteiger partial charge in [0.2, 0.25) is 15.9 Å². The van der Waals surface area contributed by atoms with Gasteiger partial charge >= 0.3 is 0 Å². The smallest absolute Gasteiger partial charge is 0.267 e. The van der Waals surface area contributed by atoms with Crippen molar-refractivity contribution in [3.63, 3.8) is 0 Å². The van der Waals surface area contributed by atoms with Crippen molar-refractivity contribution in [3.05, 3.63) is 29.8 Å². The fourth-order valence-corrected chi connectivity index (χ4v) is 5.51. The predicted molar refractivity (Wildman–Crippen MR) is 105 cm³/mol. The minimum Gasteiger partial charge on any atom is -0.344 e. The third-order valence-corrected chi connectivity index (χ3v) is 7.61. The Morgan fingerprint density at radius 2 is 1.93 bits per heavy atom. The van der Waals surface area contributed by atoms with E-state index in [0.29, 0.717) is 12.0 Å². The molecule has 0 bridgehead atoms. The highest BCUT2D eigenvalue weighted by Crippen LogP contribution is 2.22. The van der Waals surface area contributed by atoms with Crippen LogP contribution in [0.3, 0.4) is 0 Å². The fourth-order valence-electron chi connectivity index (χ4n) is 3.30. The van der Waals surface area contributed by atoms with Crippen LogP contribution in [-0.2, 0) is 29.4 Å². The van der Waals surface area contributed by atoms with Crippen molar-refractivity contribution in [2.24, 2.45) is 10.2 Å². The number of sulfonamides is 1. The lowest BCUT2D eigenvalue weighted by atomic mass is 10.1. The molecular formula is C17H22N4O6S2. The van der Waals surface area contributed by atoms with Crippen molar-refractivity contribution in [1.29, 1.82) is 0 Å². The molecule has 2 amide bonds. The van der Waals surface area contributed by atoms with Crippen LogP contribution in [0.4, 0.5) is 0 Å². The van der Waals surface area contributed by atoms with Gasteiger partial charge in [0.25, 0.3) is 5.91 Å². The van der Waals surface area contributed by atoms with Gasteiger partial charge in [-0.1, -0.05) is 12.1 Å². The monoisotopic (exact) mass is 442 g/mol. The zero-order valence-electron chi connectivity index (χ0n) is 15.7. The van der Waals surface area contributed by atoms with E-state index in [4.69, 9.17) is 5.14 Å². The normalized spacial score (nSPS) is 22.8. The molecule has 0 unspecified atom stereocenters. The summed E-state index contributed by atoms with van der Waals surface area (Å²) in [5, 5.41) is 13.1. The molecule has 3 rings (SSSR count). The molecule has 12 heteroatoms. The second-order valence-corrected chi connectivity index (χ2v) is 10.9. The fraction of sp³-hybridized carbons (Fsp3) is 0.471. The quantitative estimate of drug-likeness (QED) is 0.636. The molecule has 1 fully saturated rings. The summed E-state index contributed by atoms with van der Waals surface area (Å²) in [6.45, 7) is 1.72. The van der Waals surface area contributed by atoms with Gasteiger partial charge in [0, 0.05) is 12.8 Å². The number of rotatable bonds is 5. The lowest BCUT2D eigenvalue weighted by Gasteiger charge is -2.28. The van der Waals surface area contributed by atoms with Crippen molar-refractivity contribution in [3.8, 4) is 0 Å². The topological polar surface area (TPSA) is 156 Å². The maximum Gasteiger partial charge on any atom is 0.267 e. The zero-order valence-corrected chi connectivity index (χ0v) is 17.4. The molecule has 0 saturated carbocycles. The largest absolute Gasteiger partial charge is 0.344 e. The van der Waals surface area contributed by atoms with Crippen LogP contribution in [0, 0.1) is 0 Å². The number of hydrogen-bond donors (Lipinski definition) is 2. The SMILES string of the molecule is C[C@@H](NC(=O)C1=NN([C@@H]2CCS(=O)(=O)C2)C(=O)CC1)c1ccc(S(N)(=O)=O)cc1. The number of carbonyl (C=O) groups is 2. The molecule has 2 aliphatic heterocycles. The van der Waals surface area contributed by atoms with E-state index in [1.54, 1.807) is 19.1 Å². The number of primary sulfonamides is 1. The van der Waals surface area contributed by atoms with E-state index < -0.39 is 37.9 Å². The summed E-state index contributed by atoms with van der Waals surface area (Å²) in [6, 6.07) is 4.81. The van der Waals surface area contributed by atoms with Gasteiger partial charge in [0.15, 0.2) is 9.84 Å². The maximum absolute atomic E-state index is 12.6. The number of amides is 2. The lowest BCUT2D eigenvalue weighted by molar-refractivity contribution is -0.133. The minimum atomic E-state index is -3.80. The molecule has 158 valence electrons. The average Bonchev–Trinajstić information content (AvgIpc) is 3.01. The van der Waals surface area contributed by atoms with Gasteiger partial charge in [-0.25, -0.2) is 27.0 Å². The summed E-state index contributed by atoms with van der Waals surface area (Å²) >= 11 is 0. The molecule has 10 nitrogen and oxygen atoms in total. The molecule has 0 spiro atoms. The predicted octanol–water partition coefficient (Wildman–Crippen LogP) is -0.323. The summed E-state index contributed by atoms with van der Waals surface area (Å²) < 4.78 is 46.0.